The van der Waals surface area contributed by atoms with Crippen LogP contribution in [0.1, 0.15) is 13.8 Å². The molecule has 0 unspecified atom stereocenters. The average Bonchev–Trinajstić information content (AvgIpc) is 1.82. The van der Waals surface area contributed by atoms with Crippen LogP contribution in [-0.4, -0.2) is 19.8 Å². The summed E-state index contributed by atoms with van der Waals surface area (Å²) in [6, 6.07) is 0.0370. The average molecular weight is 127 g/mol. The summed E-state index contributed by atoms with van der Waals surface area (Å²) in [4.78, 5) is 3.40. The van der Waals surface area contributed by atoms with Crippen molar-refractivity contribution in [3.8, 4) is 0 Å². The fourth-order valence-electron chi connectivity index (χ4n) is 0.550. The summed E-state index contributed by atoms with van der Waals surface area (Å²) in [5, 5.41) is 0. The van der Waals surface area contributed by atoms with Gasteiger partial charge in [-0.05, 0) is 0 Å². The Balaban J connectivity index is 3.58. The molecule has 0 saturated heterocycles. The summed E-state index contributed by atoms with van der Waals surface area (Å²) in [5.74, 6) is 0.405. The lowest BCUT2D eigenvalue weighted by molar-refractivity contribution is 0.176. The minimum atomic E-state index is 0.0370. The Morgan fingerprint density at radius 3 is 2.22 bits per heavy atom. The third-order valence-corrected chi connectivity index (χ3v) is 1.27. The Morgan fingerprint density at radius 1 is 1.56 bits per heavy atom. The highest BCUT2D eigenvalue weighted by Crippen LogP contribution is 2.05. The van der Waals surface area contributed by atoms with Gasteiger partial charge in [-0.3, -0.25) is 0 Å². The second-order valence-corrected chi connectivity index (χ2v) is 2.40. The predicted octanol–water partition coefficient (Wildman–Crippen LogP) is 1.58. The van der Waals surface area contributed by atoms with Crippen molar-refractivity contribution in [2.24, 2.45) is 5.92 Å². The Kier molecular flexibility index (Phi) is 4.08. The molecule has 0 aliphatic rings. The summed E-state index contributed by atoms with van der Waals surface area (Å²) in [5.41, 5.74) is 0. The van der Waals surface area contributed by atoms with Gasteiger partial charge in [0, 0.05) is 13.0 Å². The fourth-order valence-corrected chi connectivity index (χ4v) is 0.550. The molecule has 0 heterocycles. The highest BCUT2D eigenvalue weighted by Gasteiger charge is 2.15. The second-order valence-electron chi connectivity index (χ2n) is 2.40. The van der Waals surface area contributed by atoms with Crippen molar-refractivity contribution in [2.75, 3.05) is 13.7 Å². The molecule has 0 fully saturated rings. The Labute approximate surface area is 56.6 Å². The number of nitrogens with zero attached hydrogens (tertiary/aromatic N) is 1. The zero-order valence-electron chi connectivity index (χ0n) is 6.22. The number of hydrogen-bond donors (Lipinski definition) is 0. The summed E-state index contributed by atoms with van der Waals surface area (Å²) in [6.07, 6.45) is 0. The molecule has 2 nitrogen and oxygen atoms in total. The van der Waals surface area contributed by atoms with Gasteiger partial charge in [-0.1, -0.05) is 13.8 Å². The Morgan fingerprint density at radius 2 is 2.11 bits per heavy atom. The van der Waals surface area contributed by atoms with Crippen molar-refractivity contribution >= 4 is 0 Å². The van der Waals surface area contributed by atoms with Crippen molar-refractivity contribution in [3.63, 3.8) is 0 Å². The Hall–Kier alpha value is -0.550. The van der Waals surface area contributed by atoms with Crippen LogP contribution in [0.25, 0.3) is 4.85 Å². The molecule has 0 aliphatic heterocycles. The minimum absolute atomic E-state index is 0.0370. The first-order valence-corrected chi connectivity index (χ1v) is 3.08. The van der Waals surface area contributed by atoms with Crippen LogP contribution in [0.5, 0.6) is 0 Å². The highest BCUT2D eigenvalue weighted by atomic mass is 16.5. The third-order valence-electron chi connectivity index (χ3n) is 1.27. The van der Waals surface area contributed by atoms with Gasteiger partial charge in [0.1, 0.15) is 6.61 Å². The van der Waals surface area contributed by atoms with Gasteiger partial charge >= 0.3 is 0 Å². The summed E-state index contributed by atoms with van der Waals surface area (Å²) >= 11 is 0. The topological polar surface area (TPSA) is 13.6 Å². The van der Waals surface area contributed by atoms with Crippen molar-refractivity contribution in [1.82, 2.24) is 0 Å². The SMILES string of the molecule is [C-]#[N+][C@@H](COC)C(C)C. The maximum Gasteiger partial charge on any atom is 0.248 e. The lowest BCUT2D eigenvalue weighted by Gasteiger charge is -2.05. The normalized spacial score (nSPS) is 13.2. The number of hydrogen-bond acceptors (Lipinski definition) is 1. The van der Waals surface area contributed by atoms with Gasteiger partial charge in [0.2, 0.25) is 6.04 Å². The molecule has 2 heteroatoms. The van der Waals surface area contributed by atoms with E-state index in [9.17, 15) is 0 Å². The van der Waals surface area contributed by atoms with Crippen LogP contribution in [0.3, 0.4) is 0 Å². The molecule has 52 valence electrons. The molecule has 0 spiro atoms. The van der Waals surface area contributed by atoms with Crippen LogP contribution in [-0.2, 0) is 4.74 Å². The van der Waals surface area contributed by atoms with E-state index in [4.69, 9.17) is 11.3 Å². The first-order valence-electron chi connectivity index (χ1n) is 3.08. The molecule has 0 bridgehead atoms. The van der Waals surface area contributed by atoms with Crippen molar-refractivity contribution in [1.29, 1.82) is 0 Å². The molecule has 0 aliphatic carbocycles. The largest absolute Gasteiger partial charge is 0.377 e. The summed E-state index contributed by atoms with van der Waals surface area (Å²) in [6.45, 7) is 11.4. The summed E-state index contributed by atoms with van der Waals surface area (Å²) < 4.78 is 4.84. The van der Waals surface area contributed by atoms with E-state index in [0.29, 0.717) is 12.5 Å². The standard InChI is InChI=1S/C7H13NO/c1-6(2)7(8-3)5-9-4/h6-7H,5H2,1-2,4H3/t7-/m0/s1. The van der Waals surface area contributed by atoms with Crippen LogP contribution in [0.15, 0.2) is 0 Å². The van der Waals surface area contributed by atoms with Gasteiger partial charge in [0.05, 0.1) is 0 Å². The molecular weight excluding hydrogens is 114 g/mol. The number of methoxy groups -OCH3 is 1. The van der Waals surface area contributed by atoms with Gasteiger partial charge in [-0.25, -0.2) is 6.57 Å². The smallest absolute Gasteiger partial charge is 0.248 e. The monoisotopic (exact) mass is 127 g/mol. The molecule has 0 N–H and O–H groups in total. The molecule has 0 amide bonds. The molecule has 1 atom stereocenters. The van der Waals surface area contributed by atoms with E-state index < -0.39 is 0 Å². The first kappa shape index (κ1) is 8.45. The zero-order valence-corrected chi connectivity index (χ0v) is 6.22. The number of ether oxygens (including phenoxy) is 1. The quantitative estimate of drug-likeness (QED) is 0.525. The maximum absolute atomic E-state index is 6.74. The second kappa shape index (κ2) is 4.34. The lowest BCUT2D eigenvalue weighted by Crippen LogP contribution is -2.16. The van der Waals surface area contributed by atoms with E-state index in [1.807, 2.05) is 13.8 Å². The Bertz CT molecular complexity index is 104. The van der Waals surface area contributed by atoms with Crippen LogP contribution < -0.4 is 0 Å². The molecule has 0 radical (unpaired) electrons. The van der Waals surface area contributed by atoms with Gasteiger partial charge in [0.25, 0.3) is 0 Å². The number of rotatable bonds is 3. The lowest BCUT2D eigenvalue weighted by atomic mass is 10.1. The molecule has 0 saturated carbocycles. The van der Waals surface area contributed by atoms with Crippen molar-refractivity contribution in [3.05, 3.63) is 11.4 Å². The molecule has 0 aromatic heterocycles. The molecule has 0 aromatic rings. The maximum atomic E-state index is 6.74. The first-order chi connectivity index (χ1) is 4.22. The van der Waals surface area contributed by atoms with E-state index >= 15 is 0 Å². The van der Waals surface area contributed by atoms with Crippen molar-refractivity contribution in [2.45, 2.75) is 19.9 Å². The molecule has 0 aromatic carbocycles. The van der Waals surface area contributed by atoms with Crippen molar-refractivity contribution < 1.29 is 4.74 Å². The van der Waals surface area contributed by atoms with Crippen LogP contribution in [0, 0.1) is 12.5 Å². The van der Waals surface area contributed by atoms with Gasteiger partial charge in [-0.2, -0.15) is 0 Å². The van der Waals surface area contributed by atoms with E-state index in [-0.39, 0.29) is 6.04 Å². The van der Waals surface area contributed by atoms with E-state index in [2.05, 4.69) is 4.85 Å². The zero-order chi connectivity index (χ0) is 7.28. The molecule has 0 rings (SSSR count). The van der Waals surface area contributed by atoms with Crippen LogP contribution >= 0.6 is 0 Å². The molecular formula is C7H13NO. The van der Waals surface area contributed by atoms with Crippen LogP contribution in [0.4, 0.5) is 0 Å². The fraction of sp³-hybridized carbons (Fsp3) is 0.857. The minimum Gasteiger partial charge on any atom is -0.377 e. The predicted molar refractivity (Wildman–Crippen MR) is 37.1 cm³/mol. The van der Waals surface area contributed by atoms with E-state index in [1.54, 1.807) is 7.11 Å². The van der Waals surface area contributed by atoms with E-state index in [0.717, 1.165) is 0 Å². The van der Waals surface area contributed by atoms with Gasteiger partial charge < -0.3 is 9.58 Å². The van der Waals surface area contributed by atoms with E-state index in [1.165, 1.54) is 0 Å². The summed E-state index contributed by atoms with van der Waals surface area (Å²) in [7, 11) is 1.63. The van der Waals surface area contributed by atoms with Crippen LogP contribution in [0.2, 0.25) is 0 Å². The molecule has 9 heavy (non-hydrogen) atoms. The highest BCUT2D eigenvalue weighted by molar-refractivity contribution is 4.80. The third kappa shape index (κ3) is 3.10. The van der Waals surface area contributed by atoms with Gasteiger partial charge in [0.15, 0.2) is 0 Å². The van der Waals surface area contributed by atoms with Gasteiger partial charge in [-0.15, -0.1) is 0 Å².